The minimum absolute atomic E-state index is 0.141. The van der Waals surface area contributed by atoms with E-state index in [1.165, 1.54) is 13.8 Å². The fourth-order valence-corrected chi connectivity index (χ4v) is 10.6. The van der Waals surface area contributed by atoms with Gasteiger partial charge in [0.1, 0.15) is 16.6 Å². The van der Waals surface area contributed by atoms with Gasteiger partial charge >= 0.3 is 12.4 Å². The van der Waals surface area contributed by atoms with Gasteiger partial charge < -0.3 is 4.74 Å². The smallest absolute Gasteiger partial charge is 0.402 e. The summed E-state index contributed by atoms with van der Waals surface area (Å²) < 4.78 is 99.2. The summed E-state index contributed by atoms with van der Waals surface area (Å²) in [5.74, 6) is 0.720. The normalized spacial score (nSPS) is 19.0. The topological polar surface area (TPSA) is 9.23 Å². The zero-order chi connectivity index (χ0) is 43.1. The van der Waals surface area contributed by atoms with Gasteiger partial charge in [0.25, 0.3) is 0 Å². The van der Waals surface area contributed by atoms with Crippen LogP contribution in [0.2, 0.25) is 0 Å². The van der Waals surface area contributed by atoms with E-state index in [1.807, 2.05) is 44.2 Å². The Morgan fingerprint density at radius 1 is 0.441 bits per heavy atom. The van der Waals surface area contributed by atoms with Gasteiger partial charge in [-0.2, -0.15) is 26.3 Å². The van der Waals surface area contributed by atoms with Crippen LogP contribution in [0.15, 0.2) is 97.1 Å². The lowest BCUT2D eigenvalue weighted by Crippen LogP contribution is -2.40. The van der Waals surface area contributed by atoms with Crippen molar-refractivity contribution in [3.63, 3.8) is 0 Å². The number of fused-ring (bicyclic) bond motifs is 6. The number of benzene rings is 5. The molecule has 0 heterocycles. The predicted octanol–water partition coefficient (Wildman–Crippen LogP) is 15.3. The maximum atomic E-state index is 16.0. The zero-order valence-electron chi connectivity index (χ0n) is 35.9. The minimum atomic E-state index is -4.66. The van der Waals surface area contributed by atoms with Gasteiger partial charge in [-0.1, -0.05) is 133 Å². The molecule has 2 atom stereocenters. The van der Waals surface area contributed by atoms with E-state index in [4.69, 9.17) is 4.74 Å². The van der Waals surface area contributed by atoms with Gasteiger partial charge in [0.15, 0.2) is 0 Å². The van der Waals surface area contributed by atoms with Crippen LogP contribution in [0.5, 0.6) is 5.75 Å². The van der Waals surface area contributed by atoms with Crippen LogP contribution in [0.3, 0.4) is 0 Å². The van der Waals surface area contributed by atoms with Crippen molar-refractivity contribution in [3.8, 4) is 28.0 Å². The second-order valence-electron chi connectivity index (χ2n) is 17.8. The molecule has 312 valence electrons. The van der Waals surface area contributed by atoms with Crippen LogP contribution in [0.4, 0.5) is 26.3 Å². The molecule has 5 aromatic rings. The number of hydrogen-bond donors (Lipinski definition) is 0. The highest BCUT2D eigenvalue weighted by Crippen LogP contribution is 2.60. The van der Waals surface area contributed by atoms with Crippen LogP contribution >= 0.6 is 0 Å². The minimum Gasteiger partial charge on any atom is -0.497 e. The van der Waals surface area contributed by atoms with Crippen molar-refractivity contribution in [2.75, 3.05) is 7.11 Å². The standard InChI is InChI=1S/C52H56F6O/c1-11-46(6,7)35-26-36(28-37(27-35)59-10)50(14-4,15-5)34-22-25-41-40-24-21-33(30-44(40)48(9,45(41)31-34)52(56,57)58)49(12-2,13-3)32-20-23-39-38-18-16-17-19-42(38)47(8,43(39)29-32)51(53,54)55/h16-31H,11-15H2,1-10H3. The Balaban J connectivity index is 1.40. The largest absolute Gasteiger partial charge is 0.497 e. The first kappa shape index (κ1) is 42.6. The Morgan fingerprint density at radius 2 is 0.814 bits per heavy atom. The molecule has 0 aliphatic heterocycles. The van der Waals surface area contributed by atoms with Crippen molar-refractivity contribution in [3.05, 3.63) is 147 Å². The van der Waals surface area contributed by atoms with E-state index in [9.17, 15) is 0 Å². The molecule has 2 aliphatic carbocycles. The molecule has 0 fully saturated rings. The van der Waals surface area contributed by atoms with E-state index < -0.39 is 34.0 Å². The molecule has 2 aliphatic rings. The number of methoxy groups -OCH3 is 1. The lowest BCUT2D eigenvalue weighted by atomic mass is 9.67. The van der Waals surface area contributed by atoms with Crippen molar-refractivity contribution < 1.29 is 31.1 Å². The highest BCUT2D eigenvalue weighted by molar-refractivity contribution is 5.84. The van der Waals surface area contributed by atoms with E-state index in [1.54, 1.807) is 61.7 Å². The first-order valence-corrected chi connectivity index (χ1v) is 21.1. The summed E-state index contributed by atoms with van der Waals surface area (Å²) in [6.07, 6.45) is -6.05. The van der Waals surface area contributed by atoms with E-state index in [2.05, 4.69) is 46.8 Å². The zero-order valence-corrected chi connectivity index (χ0v) is 35.9. The highest BCUT2D eigenvalue weighted by atomic mass is 19.4. The summed E-state index contributed by atoms with van der Waals surface area (Å²) >= 11 is 0. The first-order valence-electron chi connectivity index (χ1n) is 21.1. The van der Waals surface area contributed by atoms with Crippen molar-refractivity contribution in [1.82, 2.24) is 0 Å². The van der Waals surface area contributed by atoms with E-state index in [0.29, 0.717) is 59.1 Å². The molecule has 59 heavy (non-hydrogen) atoms. The van der Waals surface area contributed by atoms with Gasteiger partial charge in [-0.15, -0.1) is 0 Å². The molecule has 0 saturated carbocycles. The molecule has 2 unspecified atom stereocenters. The molecular weight excluding hydrogens is 755 g/mol. The van der Waals surface area contributed by atoms with Crippen LogP contribution in [0.1, 0.15) is 144 Å². The molecule has 0 N–H and O–H groups in total. The molecule has 7 heteroatoms. The van der Waals surface area contributed by atoms with Crippen molar-refractivity contribution in [1.29, 1.82) is 0 Å². The summed E-state index contributed by atoms with van der Waals surface area (Å²) in [5, 5.41) is 0. The Kier molecular flexibility index (Phi) is 10.3. The first-order chi connectivity index (χ1) is 27.7. The average Bonchev–Trinajstić information content (AvgIpc) is 3.65. The fraction of sp³-hybridized carbons (Fsp3) is 0.423. The van der Waals surface area contributed by atoms with Gasteiger partial charge in [0, 0.05) is 10.8 Å². The molecule has 0 bridgehead atoms. The monoisotopic (exact) mass is 810 g/mol. The summed E-state index contributed by atoms with van der Waals surface area (Å²) in [6.45, 7) is 17.2. The number of ether oxygens (including phenoxy) is 1. The second-order valence-corrected chi connectivity index (χ2v) is 17.8. The molecule has 0 saturated heterocycles. The third kappa shape index (κ3) is 5.94. The third-order valence-electron chi connectivity index (χ3n) is 15.3. The number of alkyl halides is 6. The Labute approximate surface area is 346 Å². The molecular formula is C52H56F6O. The number of halogens is 6. The van der Waals surface area contributed by atoms with Crippen molar-refractivity contribution in [2.24, 2.45) is 0 Å². The Bertz CT molecular complexity index is 2410. The highest BCUT2D eigenvalue weighted by Gasteiger charge is 2.60. The molecule has 7 rings (SSSR count). The third-order valence-corrected chi connectivity index (χ3v) is 15.3. The van der Waals surface area contributed by atoms with Gasteiger partial charge in [0.2, 0.25) is 0 Å². The van der Waals surface area contributed by atoms with E-state index >= 15 is 26.3 Å². The number of rotatable bonds is 11. The van der Waals surface area contributed by atoms with Gasteiger partial charge in [-0.3, -0.25) is 0 Å². The van der Waals surface area contributed by atoms with Crippen LogP contribution in [0, 0.1) is 0 Å². The van der Waals surface area contributed by atoms with Crippen LogP contribution < -0.4 is 4.74 Å². The maximum absolute atomic E-state index is 16.0. The molecule has 0 radical (unpaired) electrons. The molecule has 1 nitrogen and oxygen atoms in total. The van der Waals surface area contributed by atoms with Gasteiger partial charge in [-0.05, 0) is 136 Å². The summed E-state index contributed by atoms with van der Waals surface area (Å²) in [4.78, 5) is 0. The molecule has 0 spiro atoms. The number of hydrogen-bond acceptors (Lipinski definition) is 1. The summed E-state index contributed by atoms with van der Waals surface area (Å²) in [5.41, 5.74) is 1.03. The van der Waals surface area contributed by atoms with Gasteiger partial charge in [0.05, 0.1) is 7.11 Å². The van der Waals surface area contributed by atoms with Crippen molar-refractivity contribution in [2.45, 2.75) is 134 Å². The SMILES string of the molecule is CCC(C)(C)c1cc(OC)cc(C(CC)(CC)c2ccc3c(c2)C(C)(C(F)(F)F)c2cc(C(CC)(CC)c4ccc5c(c4)C(C)(C(F)(F)F)c4ccccc4-5)ccc2-3)c1. The van der Waals surface area contributed by atoms with Crippen LogP contribution in [-0.4, -0.2) is 19.5 Å². The van der Waals surface area contributed by atoms with Crippen molar-refractivity contribution >= 4 is 0 Å². The average molecular weight is 811 g/mol. The fourth-order valence-electron chi connectivity index (χ4n) is 10.6. The second kappa shape index (κ2) is 14.3. The lowest BCUT2D eigenvalue weighted by Gasteiger charge is -2.37. The molecule has 5 aromatic carbocycles. The lowest BCUT2D eigenvalue weighted by molar-refractivity contribution is -0.172. The predicted molar refractivity (Wildman–Crippen MR) is 228 cm³/mol. The van der Waals surface area contributed by atoms with Crippen LogP contribution in [0.25, 0.3) is 22.3 Å². The quantitative estimate of drug-likeness (QED) is 0.121. The summed E-state index contributed by atoms with van der Waals surface area (Å²) in [7, 11) is 1.64. The molecule has 0 amide bonds. The summed E-state index contributed by atoms with van der Waals surface area (Å²) in [6, 6.07) is 29.3. The van der Waals surface area contributed by atoms with E-state index in [-0.39, 0.29) is 27.7 Å². The van der Waals surface area contributed by atoms with Gasteiger partial charge in [-0.25, -0.2) is 0 Å². The Hall–Kier alpha value is -4.52. The van der Waals surface area contributed by atoms with Crippen LogP contribution in [-0.2, 0) is 27.1 Å². The maximum Gasteiger partial charge on any atom is 0.402 e. The molecule has 0 aromatic heterocycles. The Morgan fingerprint density at radius 3 is 1.20 bits per heavy atom. The van der Waals surface area contributed by atoms with E-state index in [0.717, 1.165) is 28.9 Å².